The third-order valence-corrected chi connectivity index (χ3v) is 4.76. The van der Waals surface area contributed by atoms with Gasteiger partial charge in [-0.3, -0.25) is 14.6 Å². The fraction of sp³-hybridized carbons (Fsp3) is 0.238. The molecule has 8 heteroatoms. The highest BCUT2D eigenvalue weighted by atomic mass is 19.1. The molecule has 0 unspecified atom stereocenters. The average molecular weight is 392 g/mol. The van der Waals surface area contributed by atoms with Crippen molar-refractivity contribution in [1.29, 1.82) is 0 Å². The third-order valence-electron chi connectivity index (χ3n) is 4.76. The van der Waals surface area contributed by atoms with Gasteiger partial charge < -0.3 is 10.4 Å². The van der Waals surface area contributed by atoms with Gasteiger partial charge in [-0.1, -0.05) is 6.07 Å². The van der Waals surface area contributed by atoms with Crippen LogP contribution in [0.5, 0.6) is 0 Å². The van der Waals surface area contributed by atoms with E-state index in [1.807, 2.05) is 13.8 Å². The summed E-state index contributed by atoms with van der Waals surface area (Å²) in [5, 5.41) is 17.3. The average Bonchev–Trinajstić information content (AvgIpc) is 3.11. The number of aryl methyl sites for hydroxylation is 1. The summed E-state index contributed by atoms with van der Waals surface area (Å²) in [6.45, 7) is 5.65. The smallest absolute Gasteiger partial charge is 0.174 e. The zero-order valence-electron chi connectivity index (χ0n) is 16.4. The number of fused-ring (bicyclic) bond motifs is 1. The maximum Gasteiger partial charge on any atom is 0.174 e. The maximum absolute atomic E-state index is 15.5. The summed E-state index contributed by atoms with van der Waals surface area (Å²) in [4.78, 5) is 13.0. The van der Waals surface area contributed by atoms with Gasteiger partial charge in [0.2, 0.25) is 0 Å². The Morgan fingerprint density at radius 2 is 2.00 bits per heavy atom. The molecule has 2 N–H and O–H groups in total. The highest BCUT2D eigenvalue weighted by Gasteiger charge is 2.19. The quantitative estimate of drug-likeness (QED) is 0.537. The number of aliphatic hydroxyl groups excluding tert-OH is 1. The lowest BCUT2D eigenvalue weighted by Gasteiger charge is -2.16. The summed E-state index contributed by atoms with van der Waals surface area (Å²) >= 11 is 0. The molecule has 148 valence electrons. The number of nitrogens with zero attached hydrogens (tertiary/aromatic N) is 5. The van der Waals surface area contributed by atoms with Crippen LogP contribution in [0, 0.1) is 19.7 Å². The second-order valence-electron chi connectivity index (χ2n) is 6.97. The Balaban J connectivity index is 1.85. The minimum atomic E-state index is -0.580. The predicted molar refractivity (Wildman–Crippen MR) is 109 cm³/mol. The van der Waals surface area contributed by atoms with Crippen LogP contribution in [0.3, 0.4) is 0 Å². The van der Waals surface area contributed by atoms with Crippen molar-refractivity contribution in [3.8, 4) is 11.4 Å². The minimum absolute atomic E-state index is 0.194. The number of pyridine rings is 3. The molecule has 0 aliphatic rings. The highest BCUT2D eigenvalue weighted by Crippen LogP contribution is 2.33. The molecule has 0 saturated heterocycles. The third kappa shape index (κ3) is 3.54. The Bertz CT molecular complexity index is 1170. The molecule has 7 nitrogen and oxygen atoms in total. The molecule has 0 aliphatic carbocycles. The van der Waals surface area contributed by atoms with Crippen LogP contribution in [0.15, 0.2) is 42.9 Å². The summed E-state index contributed by atoms with van der Waals surface area (Å²) in [6.07, 6.45) is 4.30. The maximum atomic E-state index is 15.5. The molecule has 0 bridgehead atoms. The van der Waals surface area contributed by atoms with E-state index < -0.39 is 11.9 Å². The summed E-state index contributed by atoms with van der Waals surface area (Å²) in [5.74, 6) is -0.474. The van der Waals surface area contributed by atoms with Gasteiger partial charge in [-0.15, -0.1) is 0 Å². The molecule has 4 heterocycles. The number of rotatable bonds is 5. The number of nitrogens with one attached hydrogen (secondary N) is 1. The van der Waals surface area contributed by atoms with Crippen LogP contribution in [0.1, 0.15) is 18.2 Å². The van der Waals surface area contributed by atoms with Gasteiger partial charge in [0, 0.05) is 18.1 Å². The van der Waals surface area contributed by atoms with Crippen molar-refractivity contribution >= 4 is 22.4 Å². The second-order valence-corrected chi connectivity index (χ2v) is 6.97. The lowest BCUT2D eigenvalue weighted by molar-refractivity contribution is 0.170. The van der Waals surface area contributed by atoms with E-state index in [1.165, 1.54) is 0 Å². The van der Waals surface area contributed by atoms with E-state index in [9.17, 15) is 5.11 Å². The number of hydrogen-bond acceptors (Lipinski definition) is 6. The van der Waals surface area contributed by atoms with E-state index in [0.717, 1.165) is 0 Å². The summed E-state index contributed by atoms with van der Waals surface area (Å²) < 4.78 is 17.1. The molecule has 1 atom stereocenters. The van der Waals surface area contributed by atoms with Crippen LogP contribution in [0.4, 0.5) is 15.8 Å². The van der Waals surface area contributed by atoms with Crippen LogP contribution >= 0.6 is 0 Å². The Morgan fingerprint density at radius 3 is 2.72 bits per heavy atom. The molecular formula is C21H21FN6O. The molecule has 0 radical (unpaired) electrons. The first-order valence-corrected chi connectivity index (χ1v) is 9.29. The van der Waals surface area contributed by atoms with Crippen molar-refractivity contribution in [3.63, 3.8) is 0 Å². The fourth-order valence-electron chi connectivity index (χ4n) is 3.23. The van der Waals surface area contributed by atoms with E-state index in [1.54, 1.807) is 54.5 Å². The van der Waals surface area contributed by atoms with Crippen molar-refractivity contribution in [2.75, 3.05) is 5.32 Å². The zero-order valence-corrected chi connectivity index (χ0v) is 16.4. The molecule has 4 aromatic rings. The number of aliphatic hydroxyl groups is 1. The number of anilines is 2. The van der Waals surface area contributed by atoms with E-state index in [-0.39, 0.29) is 5.69 Å². The summed E-state index contributed by atoms with van der Waals surface area (Å²) in [6, 6.07) is 7.06. The van der Waals surface area contributed by atoms with Crippen molar-refractivity contribution in [2.45, 2.75) is 33.4 Å². The normalized spacial score (nSPS) is 12.3. The summed E-state index contributed by atoms with van der Waals surface area (Å²) in [7, 11) is 0. The molecular weight excluding hydrogens is 371 g/mol. The molecule has 4 rings (SSSR count). The van der Waals surface area contributed by atoms with Crippen molar-refractivity contribution in [1.82, 2.24) is 24.7 Å². The van der Waals surface area contributed by atoms with Gasteiger partial charge in [-0.2, -0.15) is 5.10 Å². The van der Waals surface area contributed by atoms with Crippen LogP contribution < -0.4 is 5.32 Å². The Kier molecular flexibility index (Phi) is 4.94. The van der Waals surface area contributed by atoms with E-state index in [2.05, 4.69) is 25.4 Å². The second kappa shape index (κ2) is 7.56. The van der Waals surface area contributed by atoms with Gasteiger partial charge in [0.25, 0.3) is 0 Å². The van der Waals surface area contributed by atoms with Crippen LogP contribution in [-0.4, -0.2) is 35.9 Å². The van der Waals surface area contributed by atoms with Crippen molar-refractivity contribution < 1.29 is 9.50 Å². The number of aromatic nitrogens is 5. The van der Waals surface area contributed by atoms with E-state index >= 15 is 4.39 Å². The zero-order chi connectivity index (χ0) is 20.5. The Labute approximate surface area is 167 Å². The van der Waals surface area contributed by atoms with Crippen LogP contribution in [-0.2, 0) is 6.54 Å². The molecule has 0 aromatic carbocycles. The van der Waals surface area contributed by atoms with Gasteiger partial charge >= 0.3 is 0 Å². The predicted octanol–water partition coefficient (Wildman–Crippen LogP) is 3.77. The first-order chi connectivity index (χ1) is 14.0. The highest BCUT2D eigenvalue weighted by molar-refractivity contribution is 5.90. The molecule has 0 aliphatic heterocycles. The van der Waals surface area contributed by atoms with Crippen molar-refractivity contribution in [2.24, 2.45) is 0 Å². The molecule has 0 fully saturated rings. The Hall–Kier alpha value is -3.39. The van der Waals surface area contributed by atoms with Crippen LogP contribution in [0.25, 0.3) is 22.4 Å². The topological polar surface area (TPSA) is 88.8 Å². The molecule has 0 saturated carbocycles. The fourth-order valence-corrected chi connectivity index (χ4v) is 3.23. The lowest BCUT2D eigenvalue weighted by Crippen LogP contribution is -2.13. The largest absolute Gasteiger partial charge is 0.391 e. The van der Waals surface area contributed by atoms with Crippen LogP contribution in [0.2, 0.25) is 0 Å². The molecule has 0 amide bonds. The molecule has 0 spiro atoms. The monoisotopic (exact) mass is 392 g/mol. The molecule has 4 aromatic heterocycles. The summed E-state index contributed by atoms with van der Waals surface area (Å²) in [5.41, 5.74) is 4.40. The first-order valence-electron chi connectivity index (χ1n) is 9.29. The van der Waals surface area contributed by atoms with E-state index in [4.69, 9.17) is 0 Å². The van der Waals surface area contributed by atoms with Gasteiger partial charge in [0.1, 0.15) is 16.7 Å². The van der Waals surface area contributed by atoms with Gasteiger partial charge in [0.05, 0.1) is 35.9 Å². The van der Waals surface area contributed by atoms with E-state index in [0.29, 0.717) is 45.9 Å². The molecule has 29 heavy (non-hydrogen) atoms. The lowest BCUT2D eigenvalue weighted by atomic mass is 10.1. The van der Waals surface area contributed by atoms with Gasteiger partial charge in [-0.05, 0) is 44.5 Å². The number of hydrogen-bond donors (Lipinski definition) is 2. The Morgan fingerprint density at radius 1 is 1.17 bits per heavy atom. The SMILES string of the molecule is Cc1nc(-c2ccccn2)c(F)c(Nc2ccnc3cnn(C[C@H](C)O)c23)c1C. The van der Waals surface area contributed by atoms with Gasteiger partial charge in [0.15, 0.2) is 5.82 Å². The minimum Gasteiger partial charge on any atom is -0.391 e. The number of halogens is 1. The standard InChI is InChI=1S/C21H21FN6O/c1-12(29)11-28-21-16(7-9-24-17(21)10-25-28)27-19-13(2)14(3)26-20(18(19)22)15-6-4-5-8-23-15/h4-10,12,29H,11H2,1-3H3,(H,24,26,27)/t12-/m0/s1. The van der Waals surface area contributed by atoms with Gasteiger partial charge in [-0.25, -0.2) is 9.37 Å². The first kappa shape index (κ1) is 18.9. The van der Waals surface area contributed by atoms with Crippen molar-refractivity contribution in [3.05, 3.63) is 59.9 Å².